The van der Waals surface area contributed by atoms with Crippen molar-refractivity contribution < 1.29 is 19.1 Å². The number of carbonyl (C=O) groups excluding carboxylic acids is 2. The number of aryl methyl sites for hydroxylation is 1. The lowest BCUT2D eigenvalue weighted by Gasteiger charge is -2.11. The van der Waals surface area contributed by atoms with E-state index < -0.39 is 0 Å². The smallest absolute Gasteiger partial charge is 0.262 e. The average Bonchev–Trinajstić information content (AvgIpc) is 3.21. The highest BCUT2D eigenvalue weighted by Gasteiger charge is 2.16. The molecule has 1 saturated heterocycles. The van der Waals surface area contributed by atoms with Crippen LogP contribution in [0.15, 0.2) is 42.5 Å². The number of ether oxygens (including phenoxy) is 2. The zero-order valence-corrected chi connectivity index (χ0v) is 16.4. The highest BCUT2D eigenvalue weighted by molar-refractivity contribution is 6.31. The average molecular weight is 403 g/mol. The van der Waals surface area contributed by atoms with Crippen molar-refractivity contribution in [2.24, 2.45) is 0 Å². The topological polar surface area (TPSA) is 76.7 Å². The molecule has 28 heavy (non-hydrogen) atoms. The summed E-state index contributed by atoms with van der Waals surface area (Å²) in [6, 6.07) is 11.9. The maximum absolute atomic E-state index is 12.2. The third kappa shape index (κ3) is 5.71. The summed E-state index contributed by atoms with van der Waals surface area (Å²) >= 11 is 5.97. The van der Waals surface area contributed by atoms with Crippen molar-refractivity contribution in [3.05, 3.63) is 58.6 Å². The summed E-state index contributed by atoms with van der Waals surface area (Å²) in [5.41, 5.74) is 2.01. The van der Waals surface area contributed by atoms with Crippen molar-refractivity contribution in [2.45, 2.75) is 25.9 Å². The van der Waals surface area contributed by atoms with Crippen LogP contribution < -0.4 is 15.4 Å². The first-order valence-electron chi connectivity index (χ1n) is 9.20. The Morgan fingerprint density at radius 2 is 2.00 bits per heavy atom. The predicted molar refractivity (Wildman–Crippen MR) is 108 cm³/mol. The highest BCUT2D eigenvalue weighted by atomic mass is 35.5. The molecule has 0 aromatic heterocycles. The number of halogens is 1. The summed E-state index contributed by atoms with van der Waals surface area (Å²) in [5.74, 6) is 0.133. The quantitative estimate of drug-likeness (QED) is 0.742. The summed E-state index contributed by atoms with van der Waals surface area (Å²) < 4.78 is 11.0. The third-order valence-electron chi connectivity index (χ3n) is 4.44. The minimum atomic E-state index is -0.289. The van der Waals surface area contributed by atoms with E-state index in [-0.39, 0.29) is 24.5 Å². The fourth-order valence-corrected chi connectivity index (χ4v) is 2.99. The maximum atomic E-state index is 12.2. The van der Waals surface area contributed by atoms with Crippen LogP contribution in [0.5, 0.6) is 5.75 Å². The molecule has 3 rings (SSSR count). The Morgan fingerprint density at radius 3 is 2.68 bits per heavy atom. The molecule has 1 aliphatic heterocycles. The van der Waals surface area contributed by atoms with Crippen molar-refractivity contribution in [3.8, 4) is 5.75 Å². The van der Waals surface area contributed by atoms with E-state index >= 15 is 0 Å². The predicted octanol–water partition coefficient (Wildman–Crippen LogP) is 3.57. The van der Waals surface area contributed by atoms with Crippen molar-refractivity contribution in [1.82, 2.24) is 5.32 Å². The van der Waals surface area contributed by atoms with E-state index in [9.17, 15) is 9.59 Å². The molecule has 1 aliphatic rings. The number of carbonyl (C=O) groups is 2. The van der Waals surface area contributed by atoms with Crippen LogP contribution in [0.1, 0.15) is 28.8 Å². The van der Waals surface area contributed by atoms with Gasteiger partial charge < -0.3 is 20.1 Å². The Balaban J connectivity index is 1.45. The molecule has 0 spiro atoms. The van der Waals surface area contributed by atoms with E-state index in [1.54, 1.807) is 42.5 Å². The normalized spacial score (nSPS) is 15.9. The summed E-state index contributed by atoms with van der Waals surface area (Å²) in [6.07, 6.45) is 2.12. The fourth-order valence-electron chi connectivity index (χ4n) is 2.87. The van der Waals surface area contributed by atoms with E-state index in [0.717, 1.165) is 25.0 Å². The van der Waals surface area contributed by atoms with E-state index in [2.05, 4.69) is 10.6 Å². The second kappa shape index (κ2) is 9.57. The molecule has 2 N–H and O–H groups in total. The Kier molecular flexibility index (Phi) is 6.90. The Hall–Kier alpha value is -2.57. The molecule has 2 aromatic carbocycles. The van der Waals surface area contributed by atoms with E-state index in [4.69, 9.17) is 21.1 Å². The minimum Gasteiger partial charge on any atom is -0.484 e. The monoisotopic (exact) mass is 402 g/mol. The first-order valence-corrected chi connectivity index (χ1v) is 9.58. The molecule has 0 bridgehead atoms. The molecule has 0 aliphatic carbocycles. The third-order valence-corrected chi connectivity index (χ3v) is 4.87. The largest absolute Gasteiger partial charge is 0.484 e. The number of nitrogens with one attached hydrogen (secondary N) is 2. The van der Waals surface area contributed by atoms with Gasteiger partial charge in [0.05, 0.1) is 6.10 Å². The molecule has 2 aromatic rings. The van der Waals surface area contributed by atoms with Gasteiger partial charge in [0.25, 0.3) is 11.8 Å². The number of hydrogen-bond acceptors (Lipinski definition) is 4. The zero-order valence-electron chi connectivity index (χ0n) is 15.7. The molecule has 1 heterocycles. The summed E-state index contributed by atoms with van der Waals surface area (Å²) in [7, 11) is 0. The molecule has 148 valence electrons. The lowest BCUT2D eigenvalue weighted by atomic mass is 10.2. The van der Waals surface area contributed by atoms with Gasteiger partial charge in [-0.3, -0.25) is 9.59 Å². The van der Waals surface area contributed by atoms with Crippen LogP contribution in [0, 0.1) is 6.92 Å². The van der Waals surface area contributed by atoms with Crippen LogP contribution in [0.25, 0.3) is 0 Å². The fraction of sp³-hybridized carbons (Fsp3) is 0.333. The van der Waals surface area contributed by atoms with Crippen molar-refractivity contribution in [3.63, 3.8) is 0 Å². The first kappa shape index (κ1) is 20.2. The first-order chi connectivity index (χ1) is 13.5. The minimum absolute atomic E-state index is 0.104. The van der Waals surface area contributed by atoms with Gasteiger partial charge in [-0.15, -0.1) is 0 Å². The van der Waals surface area contributed by atoms with E-state index in [1.807, 2.05) is 6.92 Å². The number of benzene rings is 2. The molecule has 0 saturated carbocycles. The Morgan fingerprint density at radius 1 is 1.21 bits per heavy atom. The maximum Gasteiger partial charge on any atom is 0.262 e. The van der Waals surface area contributed by atoms with Gasteiger partial charge in [-0.05, 0) is 67.8 Å². The number of hydrogen-bond donors (Lipinski definition) is 2. The molecular weight excluding hydrogens is 380 g/mol. The van der Waals surface area contributed by atoms with Gasteiger partial charge in [0, 0.05) is 29.4 Å². The lowest BCUT2D eigenvalue weighted by molar-refractivity contribution is -0.118. The van der Waals surface area contributed by atoms with Gasteiger partial charge in [-0.2, -0.15) is 0 Å². The van der Waals surface area contributed by atoms with Crippen LogP contribution >= 0.6 is 11.6 Å². The molecule has 1 fully saturated rings. The van der Waals surface area contributed by atoms with Crippen LogP contribution in [0.2, 0.25) is 5.02 Å². The summed E-state index contributed by atoms with van der Waals surface area (Å²) in [5, 5.41) is 6.26. The molecule has 2 amide bonds. The number of rotatable bonds is 7. The lowest BCUT2D eigenvalue weighted by Crippen LogP contribution is -2.31. The molecule has 0 radical (unpaired) electrons. The van der Waals surface area contributed by atoms with Gasteiger partial charge in [-0.1, -0.05) is 11.6 Å². The highest BCUT2D eigenvalue weighted by Crippen LogP contribution is 2.21. The molecular formula is C21H23ClN2O4. The van der Waals surface area contributed by atoms with E-state index in [0.29, 0.717) is 28.6 Å². The summed E-state index contributed by atoms with van der Waals surface area (Å²) in [6.45, 7) is 3.02. The second-order valence-corrected chi connectivity index (χ2v) is 7.08. The van der Waals surface area contributed by atoms with Crippen molar-refractivity contribution in [2.75, 3.05) is 25.1 Å². The Labute approximate surface area is 169 Å². The molecule has 1 unspecified atom stereocenters. The van der Waals surface area contributed by atoms with Crippen LogP contribution in [-0.4, -0.2) is 37.7 Å². The van der Waals surface area contributed by atoms with Gasteiger partial charge in [0.1, 0.15) is 5.75 Å². The molecule has 7 heteroatoms. The van der Waals surface area contributed by atoms with Crippen LogP contribution in [-0.2, 0) is 9.53 Å². The van der Waals surface area contributed by atoms with E-state index in [1.165, 1.54) is 0 Å². The zero-order chi connectivity index (χ0) is 19.9. The summed E-state index contributed by atoms with van der Waals surface area (Å²) in [4.78, 5) is 24.2. The van der Waals surface area contributed by atoms with Gasteiger partial charge in [0.15, 0.2) is 6.61 Å². The van der Waals surface area contributed by atoms with Gasteiger partial charge in [0.2, 0.25) is 0 Å². The van der Waals surface area contributed by atoms with Gasteiger partial charge >= 0.3 is 0 Å². The van der Waals surface area contributed by atoms with Crippen molar-refractivity contribution >= 4 is 29.1 Å². The second-order valence-electron chi connectivity index (χ2n) is 6.67. The molecule has 1 atom stereocenters. The van der Waals surface area contributed by atoms with Crippen molar-refractivity contribution in [1.29, 1.82) is 0 Å². The SMILES string of the molecule is Cc1cc(OCC(=O)Nc2ccc(C(=O)NCC3CCCO3)cc2)ccc1Cl. The van der Waals surface area contributed by atoms with Crippen LogP contribution in [0.4, 0.5) is 5.69 Å². The number of amides is 2. The molecule has 6 nitrogen and oxygen atoms in total. The standard InChI is InChI=1S/C21H23ClN2O4/c1-14-11-17(8-9-19(14)22)28-13-20(25)24-16-6-4-15(5-7-16)21(26)23-12-18-3-2-10-27-18/h4-9,11,18H,2-3,10,12-13H2,1H3,(H,23,26)(H,24,25). The van der Waals surface area contributed by atoms with Gasteiger partial charge in [-0.25, -0.2) is 0 Å². The van der Waals surface area contributed by atoms with Crippen LogP contribution in [0.3, 0.4) is 0 Å². The number of anilines is 1. The Bertz CT molecular complexity index is 833.